The van der Waals surface area contributed by atoms with Crippen molar-refractivity contribution in [1.29, 1.82) is 0 Å². The van der Waals surface area contributed by atoms with Gasteiger partial charge in [0.2, 0.25) is 5.91 Å². The summed E-state index contributed by atoms with van der Waals surface area (Å²) in [4.78, 5) is 25.0. The van der Waals surface area contributed by atoms with Gasteiger partial charge in [-0.25, -0.2) is 9.80 Å². The Bertz CT molecular complexity index is 1450. The molecule has 1 unspecified atom stereocenters. The lowest BCUT2D eigenvalue weighted by Gasteiger charge is -2.21. The second-order valence-corrected chi connectivity index (χ2v) is 8.95. The molecule has 1 atom stereocenters. The lowest BCUT2D eigenvalue weighted by Crippen LogP contribution is -2.24. The van der Waals surface area contributed by atoms with E-state index in [0.717, 1.165) is 16.7 Å². The predicted molar refractivity (Wildman–Crippen MR) is 150 cm³/mol. The van der Waals surface area contributed by atoms with Crippen molar-refractivity contribution < 1.29 is 33.3 Å². The van der Waals surface area contributed by atoms with Crippen LogP contribution in [0.4, 0.5) is 0 Å². The van der Waals surface area contributed by atoms with Crippen molar-refractivity contribution in [2.24, 2.45) is 5.10 Å². The van der Waals surface area contributed by atoms with Crippen LogP contribution in [0.2, 0.25) is 0 Å². The quantitative estimate of drug-likeness (QED) is 0.198. The lowest BCUT2D eigenvalue weighted by atomic mass is 9.97. The Balaban J connectivity index is 1.62. The largest absolute Gasteiger partial charge is 0.503 e. The van der Waals surface area contributed by atoms with Crippen LogP contribution in [0, 0.1) is 0 Å². The zero-order valence-corrected chi connectivity index (χ0v) is 23.2. The minimum absolute atomic E-state index is 0.175. The van der Waals surface area contributed by atoms with Crippen LogP contribution < -0.4 is 14.2 Å². The standard InChI is InChI=1S/C31H32N2O7/c1-20(34)33-27(21-14-15-29(37-3)30(16-21)38-4)17-26(32-33)24-12-8-9-13-28(24)40-18-22-10-6-7-11-23(22)25(19-36-2)31(35)39-5/h6-16,19,27H,17-18H2,1-5H3/b25-19+. The molecule has 0 saturated heterocycles. The number of benzene rings is 3. The maximum Gasteiger partial charge on any atom is 0.341 e. The molecule has 0 N–H and O–H groups in total. The number of carbonyl (C=O) groups is 2. The van der Waals surface area contributed by atoms with Crippen LogP contribution in [0.15, 0.2) is 78.1 Å². The summed E-state index contributed by atoms with van der Waals surface area (Å²) in [6.07, 6.45) is 1.84. The van der Waals surface area contributed by atoms with Gasteiger partial charge in [0.1, 0.15) is 17.9 Å². The van der Waals surface area contributed by atoms with E-state index in [4.69, 9.17) is 28.8 Å². The van der Waals surface area contributed by atoms with E-state index in [1.54, 1.807) is 14.2 Å². The van der Waals surface area contributed by atoms with E-state index in [2.05, 4.69) is 0 Å². The van der Waals surface area contributed by atoms with Gasteiger partial charge < -0.3 is 23.7 Å². The van der Waals surface area contributed by atoms with Crippen molar-refractivity contribution in [3.63, 3.8) is 0 Å². The van der Waals surface area contributed by atoms with E-state index in [-0.39, 0.29) is 24.1 Å². The first-order valence-corrected chi connectivity index (χ1v) is 12.6. The molecule has 1 heterocycles. The summed E-state index contributed by atoms with van der Waals surface area (Å²) in [5.74, 6) is 1.09. The molecule has 1 amide bonds. The number of carbonyl (C=O) groups excluding carboxylic acids is 2. The molecular formula is C31H32N2O7. The fourth-order valence-corrected chi connectivity index (χ4v) is 4.63. The van der Waals surface area contributed by atoms with Crippen molar-refractivity contribution in [2.45, 2.75) is 26.0 Å². The molecule has 1 aliphatic rings. The summed E-state index contributed by atoms with van der Waals surface area (Å²) in [5, 5.41) is 6.18. The summed E-state index contributed by atoms with van der Waals surface area (Å²) in [7, 11) is 5.95. The van der Waals surface area contributed by atoms with Gasteiger partial charge >= 0.3 is 5.97 Å². The highest BCUT2D eigenvalue weighted by atomic mass is 16.5. The number of ether oxygens (including phenoxy) is 5. The molecule has 0 fully saturated rings. The Morgan fingerprint density at radius 1 is 0.925 bits per heavy atom. The maximum absolute atomic E-state index is 12.6. The first kappa shape index (κ1) is 28.2. The number of amides is 1. The number of rotatable bonds is 10. The third-order valence-electron chi connectivity index (χ3n) is 6.56. The van der Waals surface area contributed by atoms with E-state index in [1.165, 1.54) is 32.4 Å². The molecule has 208 valence electrons. The van der Waals surface area contributed by atoms with Gasteiger partial charge in [0, 0.05) is 18.9 Å². The van der Waals surface area contributed by atoms with Crippen LogP contribution in [0.3, 0.4) is 0 Å². The summed E-state index contributed by atoms with van der Waals surface area (Å²) in [5.41, 5.74) is 4.06. The molecule has 3 aromatic rings. The molecule has 0 spiro atoms. The number of hydrogen-bond donors (Lipinski definition) is 0. The van der Waals surface area contributed by atoms with Crippen molar-refractivity contribution in [3.05, 3.63) is 95.2 Å². The molecule has 0 aliphatic carbocycles. The molecule has 9 heteroatoms. The molecule has 40 heavy (non-hydrogen) atoms. The van der Waals surface area contributed by atoms with E-state index < -0.39 is 5.97 Å². The molecule has 0 radical (unpaired) electrons. The van der Waals surface area contributed by atoms with Gasteiger partial charge in [0.25, 0.3) is 0 Å². The molecular weight excluding hydrogens is 512 g/mol. The predicted octanol–water partition coefficient (Wildman–Crippen LogP) is 5.14. The fraction of sp³-hybridized carbons (Fsp3) is 0.258. The Hall–Kier alpha value is -4.79. The molecule has 9 nitrogen and oxygen atoms in total. The van der Waals surface area contributed by atoms with Gasteiger partial charge in [-0.05, 0) is 41.0 Å². The number of nitrogens with zero attached hydrogens (tertiary/aromatic N) is 2. The van der Waals surface area contributed by atoms with Crippen LogP contribution in [0.25, 0.3) is 5.57 Å². The smallest absolute Gasteiger partial charge is 0.341 e. The van der Waals surface area contributed by atoms with Gasteiger partial charge in [-0.1, -0.05) is 42.5 Å². The Kier molecular flexibility index (Phi) is 9.06. The number of hydrazone groups is 1. The van der Waals surface area contributed by atoms with Crippen molar-refractivity contribution >= 4 is 23.2 Å². The summed E-state index contributed by atoms with van der Waals surface area (Å²) < 4.78 is 27.2. The van der Waals surface area contributed by atoms with Crippen LogP contribution in [-0.4, -0.2) is 51.0 Å². The summed E-state index contributed by atoms with van der Waals surface area (Å²) >= 11 is 0. The molecule has 0 bridgehead atoms. The normalized spacial score (nSPS) is 14.8. The summed E-state index contributed by atoms with van der Waals surface area (Å²) in [6, 6.07) is 20.2. The SMILES string of the molecule is CO/C=C(/C(=O)OC)c1ccccc1COc1ccccc1C1=NN(C(C)=O)C(c2ccc(OC)c(OC)c2)C1. The second-order valence-electron chi connectivity index (χ2n) is 8.95. The van der Waals surface area contributed by atoms with Gasteiger partial charge in [-0.3, -0.25) is 4.79 Å². The van der Waals surface area contributed by atoms with Gasteiger partial charge in [-0.2, -0.15) is 5.10 Å². The average molecular weight is 545 g/mol. The molecule has 0 saturated carbocycles. The monoisotopic (exact) mass is 544 g/mol. The number of esters is 1. The van der Waals surface area contributed by atoms with E-state index in [1.807, 2.05) is 66.7 Å². The van der Waals surface area contributed by atoms with Crippen LogP contribution >= 0.6 is 0 Å². The maximum atomic E-state index is 12.6. The number of hydrogen-bond acceptors (Lipinski definition) is 8. The molecule has 1 aliphatic heterocycles. The topological polar surface area (TPSA) is 95.9 Å². The molecule has 3 aromatic carbocycles. The van der Waals surface area contributed by atoms with E-state index >= 15 is 0 Å². The van der Waals surface area contributed by atoms with Crippen molar-refractivity contribution in [3.8, 4) is 17.2 Å². The zero-order valence-electron chi connectivity index (χ0n) is 23.2. The van der Waals surface area contributed by atoms with E-state index in [0.29, 0.717) is 34.9 Å². The first-order valence-electron chi connectivity index (χ1n) is 12.6. The highest BCUT2D eigenvalue weighted by Gasteiger charge is 2.33. The Morgan fingerprint density at radius 3 is 2.35 bits per heavy atom. The summed E-state index contributed by atoms with van der Waals surface area (Å²) in [6.45, 7) is 1.67. The fourth-order valence-electron chi connectivity index (χ4n) is 4.63. The average Bonchev–Trinajstić information content (AvgIpc) is 3.44. The van der Waals surface area contributed by atoms with Gasteiger partial charge in [0.05, 0.1) is 46.5 Å². The highest BCUT2D eigenvalue weighted by molar-refractivity contribution is 6.16. The molecule has 4 rings (SSSR count). The van der Waals surface area contributed by atoms with Crippen LogP contribution in [0.1, 0.15) is 41.6 Å². The Morgan fingerprint density at radius 2 is 1.65 bits per heavy atom. The van der Waals surface area contributed by atoms with E-state index in [9.17, 15) is 9.59 Å². The highest BCUT2D eigenvalue weighted by Crippen LogP contribution is 2.38. The zero-order chi connectivity index (χ0) is 28.6. The third kappa shape index (κ3) is 5.93. The van der Waals surface area contributed by atoms with Crippen molar-refractivity contribution in [2.75, 3.05) is 28.4 Å². The third-order valence-corrected chi connectivity index (χ3v) is 6.56. The second kappa shape index (κ2) is 12.8. The minimum atomic E-state index is -0.513. The van der Waals surface area contributed by atoms with Crippen LogP contribution in [0.5, 0.6) is 17.2 Å². The van der Waals surface area contributed by atoms with Gasteiger partial charge in [-0.15, -0.1) is 0 Å². The number of para-hydroxylation sites is 1. The molecule has 0 aromatic heterocycles. The Labute approximate surface area is 233 Å². The van der Waals surface area contributed by atoms with Gasteiger partial charge in [0.15, 0.2) is 11.5 Å². The minimum Gasteiger partial charge on any atom is -0.503 e. The van der Waals surface area contributed by atoms with Crippen LogP contribution in [-0.2, 0) is 25.7 Å². The van der Waals surface area contributed by atoms with Crippen molar-refractivity contribution in [1.82, 2.24) is 5.01 Å². The number of methoxy groups -OCH3 is 4. The lowest BCUT2D eigenvalue weighted by molar-refractivity contribution is -0.134. The first-order chi connectivity index (χ1) is 19.4.